The lowest BCUT2D eigenvalue weighted by Crippen LogP contribution is -2.52. The van der Waals surface area contributed by atoms with Crippen molar-refractivity contribution in [3.05, 3.63) is 33.4 Å². The summed E-state index contributed by atoms with van der Waals surface area (Å²) in [4.78, 5) is 2.63. The van der Waals surface area contributed by atoms with Crippen molar-refractivity contribution in [2.45, 2.75) is 44.4 Å². The number of hydrogen-bond acceptors (Lipinski definition) is 2. The van der Waals surface area contributed by atoms with E-state index in [0.717, 1.165) is 19.7 Å². The van der Waals surface area contributed by atoms with E-state index in [9.17, 15) is 0 Å². The zero-order valence-corrected chi connectivity index (χ0v) is 12.8. The molecule has 2 aliphatic rings. The molecule has 0 spiro atoms. The van der Waals surface area contributed by atoms with Gasteiger partial charge >= 0.3 is 0 Å². The van der Waals surface area contributed by atoms with Gasteiger partial charge in [-0.05, 0) is 53.1 Å². The molecule has 1 aliphatic carbocycles. The Morgan fingerprint density at radius 1 is 1.17 bits per heavy atom. The Balaban J connectivity index is 1.69. The van der Waals surface area contributed by atoms with Crippen LogP contribution in [-0.2, 0) is 11.3 Å². The van der Waals surface area contributed by atoms with E-state index in [2.05, 4.69) is 51.8 Å². The molecule has 1 aromatic rings. The summed E-state index contributed by atoms with van der Waals surface area (Å²) in [6.45, 7) is 3.08. The number of benzene rings is 1. The maximum Gasteiger partial charge on any atom is 0.0731 e. The molecular formula is C15H20INO. The van der Waals surface area contributed by atoms with Gasteiger partial charge in [0.25, 0.3) is 0 Å². The van der Waals surface area contributed by atoms with Crippen LogP contribution in [0.2, 0.25) is 0 Å². The highest BCUT2D eigenvalue weighted by Gasteiger charge is 2.33. The summed E-state index contributed by atoms with van der Waals surface area (Å²) in [5.74, 6) is 0. The fourth-order valence-electron chi connectivity index (χ4n) is 3.20. The second-order valence-electron chi connectivity index (χ2n) is 5.36. The molecule has 0 N–H and O–H groups in total. The van der Waals surface area contributed by atoms with Gasteiger partial charge in [0.1, 0.15) is 0 Å². The normalized spacial score (nSPS) is 28.9. The third-order valence-electron chi connectivity index (χ3n) is 4.15. The molecule has 0 bridgehead atoms. The van der Waals surface area contributed by atoms with Gasteiger partial charge in [-0.15, -0.1) is 0 Å². The molecule has 2 unspecified atom stereocenters. The maximum atomic E-state index is 5.93. The van der Waals surface area contributed by atoms with E-state index in [1.54, 1.807) is 0 Å². The first-order valence-corrected chi connectivity index (χ1v) is 8.01. The molecule has 0 amide bonds. The molecule has 1 saturated heterocycles. The van der Waals surface area contributed by atoms with Crippen LogP contribution >= 0.6 is 22.6 Å². The van der Waals surface area contributed by atoms with Crippen molar-refractivity contribution in [3.63, 3.8) is 0 Å². The Kier molecular flexibility index (Phi) is 4.21. The number of ether oxygens (including phenoxy) is 1. The van der Waals surface area contributed by atoms with Crippen molar-refractivity contribution >= 4 is 22.6 Å². The molecule has 3 rings (SSSR count). The lowest BCUT2D eigenvalue weighted by atomic mass is 9.90. The topological polar surface area (TPSA) is 12.5 Å². The van der Waals surface area contributed by atoms with Crippen molar-refractivity contribution in [2.24, 2.45) is 0 Å². The summed E-state index contributed by atoms with van der Waals surface area (Å²) in [6.07, 6.45) is 5.78. The smallest absolute Gasteiger partial charge is 0.0731 e. The molecule has 1 aliphatic heterocycles. The second-order valence-corrected chi connectivity index (χ2v) is 6.60. The third kappa shape index (κ3) is 2.89. The Labute approximate surface area is 123 Å². The fourth-order valence-corrected chi connectivity index (χ4v) is 3.56. The predicted octanol–water partition coefficient (Wildman–Crippen LogP) is 3.43. The van der Waals surface area contributed by atoms with E-state index < -0.39 is 0 Å². The van der Waals surface area contributed by atoms with Crippen molar-refractivity contribution in [1.82, 2.24) is 4.90 Å². The lowest BCUT2D eigenvalue weighted by molar-refractivity contribution is -0.0911. The monoisotopic (exact) mass is 357 g/mol. The van der Waals surface area contributed by atoms with Crippen LogP contribution in [0.5, 0.6) is 0 Å². The Morgan fingerprint density at radius 3 is 2.78 bits per heavy atom. The number of rotatable bonds is 2. The van der Waals surface area contributed by atoms with Crippen molar-refractivity contribution in [2.75, 3.05) is 13.2 Å². The van der Waals surface area contributed by atoms with E-state index in [0.29, 0.717) is 12.1 Å². The summed E-state index contributed by atoms with van der Waals surface area (Å²) in [5, 5.41) is 0. The van der Waals surface area contributed by atoms with E-state index in [-0.39, 0.29) is 0 Å². The average molecular weight is 357 g/mol. The highest BCUT2D eigenvalue weighted by molar-refractivity contribution is 14.1. The Bertz CT molecular complexity index is 390. The molecule has 2 atom stereocenters. The van der Waals surface area contributed by atoms with Crippen LogP contribution in [0, 0.1) is 3.57 Å². The largest absolute Gasteiger partial charge is 0.375 e. The number of halogens is 1. The second kappa shape index (κ2) is 5.88. The molecule has 2 nitrogen and oxygen atoms in total. The van der Waals surface area contributed by atoms with E-state index in [1.165, 1.54) is 34.8 Å². The number of morpholine rings is 1. The van der Waals surface area contributed by atoms with Gasteiger partial charge in [-0.2, -0.15) is 0 Å². The third-order valence-corrected chi connectivity index (χ3v) is 4.87. The van der Waals surface area contributed by atoms with Gasteiger partial charge in [0.15, 0.2) is 0 Å². The zero-order chi connectivity index (χ0) is 12.4. The van der Waals surface area contributed by atoms with Gasteiger partial charge in [-0.3, -0.25) is 4.90 Å². The van der Waals surface area contributed by atoms with Gasteiger partial charge in [0.05, 0.1) is 12.7 Å². The number of hydrogen-bond donors (Lipinski definition) is 0. The first kappa shape index (κ1) is 12.9. The highest BCUT2D eigenvalue weighted by Crippen LogP contribution is 2.29. The molecule has 2 fully saturated rings. The summed E-state index contributed by atoms with van der Waals surface area (Å²) < 4.78 is 7.24. The quantitative estimate of drug-likeness (QED) is 0.752. The van der Waals surface area contributed by atoms with Gasteiger partial charge in [0.2, 0.25) is 0 Å². The van der Waals surface area contributed by atoms with Crippen molar-refractivity contribution < 1.29 is 4.74 Å². The maximum absolute atomic E-state index is 5.93. The predicted molar refractivity (Wildman–Crippen MR) is 81.6 cm³/mol. The first-order chi connectivity index (χ1) is 8.83. The van der Waals surface area contributed by atoms with E-state index in [4.69, 9.17) is 4.74 Å². The summed E-state index contributed by atoms with van der Waals surface area (Å²) in [7, 11) is 0. The van der Waals surface area contributed by atoms with Crippen molar-refractivity contribution in [1.29, 1.82) is 0 Å². The van der Waals surface area contributed by atoms with Gasteiger partial charge in [-0.1, -0.05) is 25.0 Å². The Morgan fingerprint density at radius 2 is 1.94 bits per heavy atom. The molecule has 1 saturated carbocycles. The fraction of sp³-hybridized carbons (Fsp3) is 0.600. The minimum atomic E-state index is 0.497. The summed E-state index contributed by atoms with van der Waals surface area (Å²) in [5.41, 5.74) is 1.43. The Hall–Kier alpha value is -0.130. The SMILES string of the molecule is Ic1ccc(CN2CCOC3CCCCC32)cc1. The van der Waals surface area contributed by atoms with Crippen LogP contribution in [-0.4, -0.2) is 30.2 Å². The molecule has 3 heteroatoms. The molecule has 18 heavy (non-hydrogen) atoms. The van der Waals surface area contributed by atoms with Gasteiger partial charge in [-0.25, -0.2) is 0 Å². The number of nitrogens with zero attached hydrogens (tertiary/aromatic N) is 1. The molecule has 98 valence electrons. The van der Waals surface area contributed by atoms with Gasteiger partial charge in [0, 0.05) is 22.7 Å². The molecule has 0 radical (unpaired) electrons. The van der Waals surface area contributed by atoms with Crippen LogP contribution in [0.1, 0.15) is 31.2 Å². The minimum absolute atomic E-state index is 0.497. The molecule has 1 aromatic carbocycles. The first-order valence-electron chi connectivity index (χ1n) is 6.93. The van der Waals surface area contributed by atoms with Crippen molar-refractivity contribution in [3.8, 4) is 0 Å². The summed E-state index contributed by atoms with van der Waals surface area (Å²) in [6, 6.07) is 9.58. The highest BCUT2D eigenvalue weighted by atomic mass is 127. The van der Waals surface area contributed by atoms with Crippen LogP contribution in [0.25, 0.3) is 0 Å². The average Bonchev–Trinajstić information content (AvgIpc) is 2.42. The van der Waals surface area contributed by atoms with Crippen LogP contribution in [0.3, 0.4) is 0 Å². The van der Waals surface area contributed by atoms with Gasteiger partial charge < -0.3 is 4.74 Å². The molecule has 1 heterocycles. The standard InChI is InChI=1S/C15H20INO/c16-13-7-5-12(6-8-13)11-17-9-10-18-15-4-2-1-3-14(15)17/h5-8,14-15H,1-4,9-11H2. The zero-order valence-electron chi connectivity index (χ0n) is 10.6. The van der Waals surface area contributed by atoms with E-state index >= 15 is 0 Å². The van der Waals surface area contributed by atoms with Crippen LogP contribution in [0.15, 0.2) is 24.3 Å². The lowest BCUT2D eigenvalue weighted by Gasteiger charge is -2.43. The molecular weight excluding hydrogens is 337 g/mol. The van der Waals surface area contributed by atoms with E-state index in [1.807, 2.05) is 0 Å². The minimum Gasteiger partial charge on any atom is -0.375 e. The summed E-state index contributed by atoms with van der Waals surface area (Å²) >= 11 is 2.36. The molecule has 0 aromatic heterocycles. The van der Waals surface area contributed by atoms with Crippen LogP contribution in [0.4, 0.5) is 0 Å². The number of fused-ring (bicyclic) bond motifs is 1. The van der Waals surface area contributed by atoms with Crippen LogP contribution < -0.4 is 0 Å².